The van der Waals surface area contributed by atoms with Gasteiger partial charge < -0.3 is 5.32 Å². The maximum Gasteiger partial charge on any atom is 0.156 e. The highest BCUT2D eigenvalue weighted by Crippen LogP contribution is 2.29. The first-order valence-electron chi connectivity index (χ1n) is 7.36. The standard InChI is InChI=1S/C18H19N3/c1-3-11-19-18-16-10-5-4-9-15(16)17(20-21-18)14-8-6-7-13(2)12-14/h4-10,12H,3,11H2,1-2H3,(H,19,21). The van der Waals surface area contributed by atoms with E-state index in [2.05, 4.69) is 65.8 Å². The van der Waals surface area contributed by atoms with Crippen LogP contribution in [0.1, 0.15) is 18.9 Å². The summed E-state index contributed by atoms with van der Waals surface area (Å²) in [6.45, 7) is 5.14. The molecule has 0 fully saturated rings. The van der Waals surface area contributed by atoms with Crippen LogP contribution in [-0.4, -0.2) is 16.7 Å². The molecule has 3 aromatic rings. The molecule has 0 amide bonds. The van der Waals surface area contributed by atoms with Crippen LogP contribution in [0.15, 0.2) is 48.5 Å². The van der Waals surface area contributed by atoms with E-state index in [1.54, 1.807) is 0 Å². The smallest absolute Gasteiger partial charge is 0.156 e. The van der Waals surface area contributed by atoms with E-state index in [-0.39, 0.29) is 0 Å². The first kappa shape index (κ1) is 13.6. The fourth-order valence-electron chi connectivity index (χ4n) is 2.48. The van der Waals surface area contributed by atoms with Gasteiger partial charge in [-0.2, -0.15) is 0 Å². The van der Waals surface area contributed by atoms with Crippen molar-refractivity contribution in [3.63, 3.8) is 0 Å². The average Bonchev–Trinajstić information content (AvgIpc) is 2.52. The third-order valence-corrected chi connectivity index (χ3v) is 3.52. The maximum absolute atomic E-state index is 4.46. The Bertz CT molecular complexity index is 765. The van der Waals surface area contributed by atoms with Crippen molar-refractivity contribution in [3.05, 3.63) is 54.1 Å². The number of nitrogens with zero attached hydrogens (tertiary/aromatic N) is 2. The molecule has 1 aromatic heterocycles. The summed E-state index contributed by atoms with van der Waals surface area (Å²) in [6, 6.07) is 16.7. The van der Waals surface area contributed by atoms with Crippen LogP contribution in [0.4, 0.5) is 5.82 Å². The van der Waals surface area contributed by atoms with Crippen LogP contribution in [0.25, 0.3) is 22.0 Å². The van der Waals surface area contributed by atoms with Crippen molar-refractivity contribution < 1.29 is 0 Å². The van der Waals surface area contributed by atoms with Gasteiger partial charge in [0.05, 0.1) is 0 Å². The Kier molecular flexibility index (Phi) is 3.82. The van der Waals surface area contributed by atoms with Crippen LogP contribution in [0.3, 0.4) is 0 Å². The van der Waals surface area contributed by atoms with Crippen LogP contribution in [0.5, 0.6) is 0 Å². The average molecular weight is 277 g/mol. The Hall–Kier alpha value is -2.42. The highest BCUT2D eigenvalue weighted by molar-refractivity contribution is 6.00. The van der Waals surface area contributed by atoms with Gasteiger partial charge in [0.2, 0.25) is 0 Å². The molecule has 0 aliphatic heterocycles. The van der Waals surface area contributed by atoms with E-state index in [0.29, 0.717) is 0 Å². The van der Waals surface area contributed by atoms with Gasteiger partial charge in [-0.15, -0.1) is 10.2 Å². The Labute approximate surface area is 125 Å². The molecule has 1 heterocycles. The molecular formula is C18H19N3. The highest BCUT2D eigenvalue weighted by Gasteiger charge is 2.10. The molecule has 0 aliphatic rings. The second kappa shape index (κ2) is 5.92. The molecule has 0 atom stereocenters. The summed E-state index contributed by atoms with van der Waals surface area (Å²) >= 11 is 0. The molecule has 0 unspecified atom stereocenters. The highest BCUT2D eigenvalue weighted by atomic mass is 15.2. The Morgan fingerprint density at radius 3 is 2.52 bits per heavy atom. The molecule has 0 bridgehead atoms. The maximum atomic E-state index is 4.46. The van der Waals surface area contributed by atoms with Crippen molar-refractivity contribution in [3.8, 4) is 11.3 Å². The number of rotatable bonds is 4. The number of fused-ring (bicyclic) bond motifs is 1. The first-order chi connectivity index (χ1) is 10.3. The molecule has 3 heteroatoms. The summed E-state index contributed by atoms with van der Waals surface area (Å²) in [7, 11) is 0. The summed E-state index contributed by atoms with van der Waals surface area (Å²) in [4.78, 5) is 0. The zero-order valence-corrected chi connectivity index (χ0v) is 12.4. The van der Waals surface area contributed by atoms with E-state index in [4.69, 9.17) is 0 Å². The number of nitrogens with one attached hydrogen (secondary N) is 1. The summed E-state index contributed by atoms with van der Waals surface area (Å²) < 4.78 is 0. The van der Waals surface area contributed by atoms with E-state index in [0.717, 1.165) is 40.8 Å². The lowest BCUT2D eigenvalue weighted by molar-refractivity contribution is 0.952. The molecule has 106 valence electrons. The lowest BCUT2D eigenvalue weighted by Gasteiger charge is -2.10. The molecule has 0 saturated carbocycles. The number of hydrogen-bond donors (Lipinski definition) is 1. The quantitative estimate of drug-likeness (QED) is 0.766. The molecule has 0 saturated heterocycles. The van der Waals surface area contributed by atoms with Crippen molar-refractivity contribution in [2.24, 2.45) is 0 Å². The predicted octanol–water partition coefficient (Wildman–Crippen LogP) is 4.43. The van der Waals surface area contributed by atoms with Gasteiger partial charge in [-0.05, 0) is 19.4 Å². The van der Waals surface area contributed by atoms with E-state index in [9.17, 15) is 0 Å². The van der Waals surface area contributed by atoms with Crippen molar-refractivity contribution in [1.82, 2.24) is 10.2 Å². The molecule has 0 aliphatic carbocycles. The number of hydrogen-bond acceptors (Lipinski definition) is 3. The molecule has 21 heavy (non-hydrogen) atoms. The molecule has 3 rings (SSSR count). The fourth-order valence-corrected chi connectivity index (χ4v) is 2.48. The van der Waals surface area contributed by atoms with Gasteiger partial charge in [0.25, 0.3) is 0 Å². The van der Waals surface area contributed by atoms with E-state index in [1.165, 1.54) is 5.56 Å². The molecule has 0 spiro atoms. The molecule has 1 N–H and O–H groups in total. The lowest BCUT2D eigenvalue weighted by atomic mass is 10.0. The third kappa shape index (κ3) is 2.72. The molecule has 3 nitrogen and oxygen atoms in total. The Morgan fingerprint density at radius 2 is 1.76 bits per heavy atom. The van der Waals surface area contributed by atoms with Crippen LogP contribution in [0, 0.1) is 6.92 Å². The first-order valence-corrected chi connectivity index (χ1v) is 7.36. The molecule has 2 aromatic carbocycles. The van der Waals surface area contributed by atoms with Crippen LogP contribution >= 0.6 is 0 Å². The second-order valence-electron chi connectivity index (χ2n) is 5.24. The third-order valence-electron chi connectivity index (χ3n) is 3.52. The van der Waals surface area contributed by atoms with Gasteiger partial charge in [-0.1, -0.05) is 55.0 Å². The van der Waals surface area contributed by atoms with Crippen molar-refractivity contribution in [1.29, 1.82) is 0 Å². The minimum Gasteiger partial charge on any atom is -0.368 e. The Morgan fingerprint density at radius 1 is 0.952 bits per heavy atom. The summed E-state index contributed by atoms with van der Waals surface area (Å²) in [6.07, 6.45) is 1.07. The van der Waals surface area contributed by atoms with Gasteiger partial charge in [0, 0.05) is 22.9 Å². The van der Waals surface area contributed by atoms with Crippen molar-refractivity contribution in [2.45, 2.75) is 20.3 Å². The number of aryl methyl sites for hydroxylation is 1. The van der Waals surface area contributed by atoms with Gasteiger partial charge in [-0.25, -0.2) is 0 Å². The zero-order chi connectivity index (χ0) is 14.7. The van der Waals surface area contributed by atoms with Crippen LogP contribution < -0.4 is 5.32 Å². The molecule has 0 radical (unpaired) electrons. The number of benzene rings is 2. The number of anilines is 1. The summed E-state index contributed by atoms with van der Waals surface area (Å²) in [5.41, 5.74) is 3.28. The van der Waals surface area contributed by atoms with Crippen molar-refractivity contribution in [2.75, 3.05) is 11.9 Å². The lowest BCUT2D eigenvalue weighted by Crippen LogP contribution is -2.04. The molecular weight excluding hydrogens is 258 g/mol. The topological polar surface area (TPSA) is 37.8 Å². The van der Waals surface area contributed by atoms with Gasteiger partial charge in [0.15, 0.2) is 5.82 Å². The van der Waals surface area contributed by atoms with Crippen LogP contribution in [0.2, 0.25) is 0 Å². The summed E-state index contributed by atoms with van der Waals surface area (Å²) in [5.74, 6) is 0.865. The zero-order valence-electron chi connectivity index (χ0n) is 12.4. The van der Waals surface area contributed by atoms with E-state index in [1.807, 2.05) is 12.1 Å². The fraction of sp³-hybridized carbons (Fsp3) is 0.222. The van der Waals surface area contributed by atoms with E-state index >= 15 is 0 Å². The second-order valence-corrected chi connectivity index (χ2v) is 5.24. The van der Waals surface area contributed by atoms with Gasteiger partial charge in [0.1, 0.15) is 5.69 Å². The largest absolute Gasteiger partial charge is 0.368 e. The number of aromatic nitrogens is 2. The van der Waals surface area contributed by atoms with Crippen molar-refractivity contribution >= 4 is 16.6 Å². The predicted molar refractivity (Wildman–Crippen MR) is 88.5 cm³/mol. The van der Waals surface area contributed by atoms with Gasteiger partial charge >= 0.3 is 0 Å². The minimum atomic E-state index is 0.865. The van der Waals surface area contributed by atoms with E-state index < -0.39 is 0 Å². The van der Waals surface area contributed by atoms with Crippen LogP contribution in [-0.2, 0) is 0 Å². The Balaban J connectivity index is 2.17. The SMILES string of the molecule is CCCNc1nnc(-c2cccc(C)c2)c2ccccc12. The van der Waals surface area contributed by atoms with Gasteiger partial charge in [-0.3, -0.25) is 0 Å². The summed E-state index contributed by atoms with van der Waals surface area (Å²) in [5, 5.41) is 14.5. The minimum absolute atomic E-state index is 0.865. The normalized spacial score (nSPS) is 10.8. The monoisotopic (exact) mass is 277 g/mol.